The number of rotatable bonds is 3. The van der Waals surface area contributed by atoms with Crippen LogP contribution in [-0.2, 0) is 14.3 Å². The van der Waals surface area contributed by atoms with Crippen LogP contribution in [0.1, 0.15) is 26.2 Å². The Morgan fingerprint density at radius 2 is 1.82 bits per heavy atom. The lowest BCUT2D eigenvalue weighted by atomic mass is 9.96. The third kappa shape index (κ3) is 3.92. The van der Waals surface area contributed by atoms with E-state index in [0.717, 1.165) is 0 Å². The molecule has 1 N–H and O–H groups in total. The van der Waals surface area contributed by atoms with E-state index in [9.17, 15) is 23.5 Å². The fourth-order valence-electron chi connectivity index (χ4n) is 2.84. The number of amides is 2. The maximum atomic E-state index is 13.1. The molecule has 2 fully saturated rings. The molecule has 0 aromatic carbocycles. The van der Waals surface area contributed by atoms with Gasteiger partial charge in [0.2, 0.25) is 11.8 Å². The maximum absolute atomic E-state index is 13.1. The highest BCUT2D eigenvalue weighted by Gasteiger charge is 2.42. The smallest absolute Gasteiger partial charge is 0.251 e. The van der Waals surface area contributed by atoms with Crippen molar-refractivity contribution in [3.8, 4) is 0 Å². The molecule has 2 rings (SSSR count). The first-order valence-corrected chi connectivity index (χ1v) is 7.43. The molecular formula is C14H22F2N2O4. The number of hydrogen-bond acceptors (Lipinski definition) is 4. The Bertz CT molecular complexity index is 437. The lowest BCUT2D eigenvalue weighted by Crippen LogP contribution is -2.57. The lowest BCUT2D eigenvalue weighted by Gasteiger charge is -2.42. The van der Waals surface area contributed by atoms with Gasteiger partial charge in [-0.25, -0.2) is 8.78 Å². The number of aliphatic hydroxyl groups excluding tert-OH is 1. The van der Waals surface area contributed by atoms with Crippen LogP contribution in [0.25, 0.3) is 0 Å². The van der Waals surface area contributed by atoms with E-state index in [1.807, 2.05) is 0 Å². The summed E-state index contributed by atoms with van der Waals surface area (Å²) in [6.07, 6.45) is -0.796. The highest BCUT2D eigenvalue weighted by Crippen LogP contribution is 2.29. The van der Waals surface area contributed by atoms with Crippen LogP contribution in [0.3, 0.4) is 0 Å². The van der Waals surface area contributed by atoms with Gasteiger partial charge in [0.25, 0.3) is 5.92 Å². The third-order valence-electron chi connectivity index (χ3n) is 4.30. The minimum Gasteiger partial charge on any atom is -0.393 e. The standard InChI is InChI=1S/C14H22F2N2O4/c1-11(20)18-6-7-22-13(9-18,10-19)8-12(21)17-4-2-14(15,16)3-5-17/h19H,2-10H2,1H3. The number of likely N-dealkylation sites (tertiary alicyclic amines) is 1. The Kier molecular flexibility index (Phi) is 5.01. The van der Waals surface area contributed by atoms with Crippen LogP contribution in [0.5, 0.6) is 0 Å². The Morgan fingerprint density at radius 3 is 2.36 bits per heavy atom. The van der Waals surface area contributed by atoms with Crippen molar-refractivity contribution in [2.75, 3.05) is 39.4 Å². The van der Waals surface area contributed by atoms with Gasteiger partial charge in [0.15, 0.2) is 0 Å². The molecule has 1 unspecified atom stereocenters. The number of hydrogen-bond donors (Lipinski definition) is 1. The second-order valence-corrected chi connectivity index (χ2v) is 6.04. The summed E-state index contributed by atoms with van der Waals surface area (Å²) in [7, 11) is 0. The van der Waals surface area contributed by atoms with E-state index in [2.05, 4.69) is 0 Å². The number of carbonyl (C=O) groups is 2. The van der Waals surface area contributed by atoms with Gasteiger partial charge in [0.05, 0.1) is 26.2 Å². The van der Waals surface area contributed by atoms with E-state index in [4.69, 9.17) is 4.74 Å². The zero-order chi connectivity index (χ0) is 16.4. The van der Waals surface area contributed by atoms with Crippen LogP contribution in [-0.4, -0.2) is 77.6 Å². The predicted molar refractivity (Wildman–Crippen MR) is 73.4 cm³/mol. The molecule has 126 valence electrons. The summed E-state index contributed by atoms with van der Waals surface area (Å²) in [5.41, 5.74) is -1.14. The van der Waals surface area contributed by atoms with Gasteiger partial charge in [-0.15, -0.1) is 0 Å². The van der Waals surface area contributed by atoms with Gasteiger partial charge in [-0.05, 0) is 0 Å². The Hall–Kier alpha value is -1.28. The van der Waals surface area contributed by atoms with Gasteiger partial charge in [-0.3, -0.25) is 9.59 Å². The van der Waals surface area contributed by atoms with Crippen molar-refractivity contribution in [3.63, 3.8) is 0 Å². The number of morpholine rings is 1. The van der Waals surface area contributed by atoms with E-state index in [1.54, 1.807) is 0 Å². The number of nitrogens with zero attached hydrogens (tertiary/aromatic N) is 2. The fraction of sp³-hybridized carbons (Fsp3) is 0.857. The largest absolute Gasteiger partial charge is 0.393 e. The Balaban J connectivity index is 1.97. The predicted octanol–water partition coefficient (Wildman–Crippen LogP) is 0.244. The van der Waals surface area contributed by atoms with Crippen molar-refractivity contribution in [2.24, 2.45) is 0 Å². The minimum atomic E-state index is -2.71. The first-order valence-electron chi connectivity index (χ1n) is 7.43. The van der Waals surface area contributed by atoms with Crippen molar-refractivity contribution in [2.45, 2.75) is 37.7 Å². The number of halogens is 2. The van der Waals surface area contributed by atoms with Crippen LogP contribution >= 0.6 is 0 Å². The number of piperidine rings is 1. The molecule has 2 saturated heterocycles. The summed E-state index contributed by atoms with van der Waals surface area (Å²) in [6, 6.07) is 0. The maximum Gasteiger partial charge on any atom is 0.251 e. The summed E-state index contributed by atoms with van der Waals surface area (Å²) >= 11 is 0. The van der Waals surface area contributed by atoms with Crippen molar-refractivity contribution in [3.05, 3.63) is 0 Å². The van der Waals surface area contributed by atoms with E-state index < -0.39 is 18.1 Å². The van der Waals surface area contributed by atoms with Crippen LogP contribution in [0.4, 0.5) is 8.78 Å². The third-order valence-corrected chi connectivity index (χ3v) is 4.30. The zero-order valence-electron chi connectivity index (χ0n) is 12.7. The Morgan fingerprint density at radius 1 is 1.18 bits per heavy atom. The average Bonchev–Trinajstić information content (AvgIpc) is 2.47. The molecule has 1 atom stereocenters. The van der Waals surface area contributed by atoms with Gasteiger partial charge >= 0.3 is 0 Å². The summed E-state index contributed by atoms with van der Waals surface area (Å²) in [5.74, 6) is -3.18. The molecule has 0 spiro atoms. The van der Waals surface area contributed by atoms with E-state index in [1.165, 1.54) is 16.7 Å². The fourth-order valence-corrected chi connectivity index (χ4v) is 2.84. The molecule has 0 bridgehead atoms. The van der Waals surface area contributed by atoms with Crippen molar-refractivity contribution in [1.29, 1.82) is 0 Å². The molecule has 0 aromatic rings. The molecular weight excluding hydrogens is 298 g/mol. The molecule has 0 aliphatic carbocycles. The van der Waals surface area contributed by atoms with E-state index >= 15 is 0 Å². The van der Waals surface area contributed by atoms with Gasteiger partial charge in [0.1, 0.15) is 5.60 Å². The first kappa shape index (κ1) is 17.1. The zero-order valence-corrected chi connectivity index (χ0v) is 12.7. The quantitative estimate of drug-likeness (QED) is 0.809. The molecule has 2 amide bonds. The summed E-state index contributed by atoms with van der Waals surface area (Å²) < 4.78 is 31.8. The van der Waals surface area contributed by atoms with Crippen LogP contribution in [0.2, 0.25) is 0 Å². The summed E-state index contributed by atoms with van der Waals surface area (Å²) in [4.78, 5) is 26.7. The topological polar surface area (TPSA) is 70.1 Å². The normalized spacial score (nSPS) is 28.5. The molecule has 0 saturated carbocycles. The van der Waals surface area contributed by atoms with Crippen LogP contribution < -0.4 is 0 Å². The van der Waals surface area contributed by atoms with Gasteiger partial charge in [-0.2, -0.15) is 0 Å². The second-order valence-electron chi connectivity index (χ2n) is 6.04. The Labute approximate surface area is 128 Å². The minimum absolute atomic E-state index is 0.00373. The number of carbonyl (C=O) groups excluding carboxylic acids is 2. The lowest BCUT2D eigenvalue weighted by molar-refractivity contribution is -0.168. The summed E-state index contributed by atoms with van der Waals surface area (Å²) in [5, 5.41) is 9.62. The highest BCUT2D eigenvalue weighted by molar-refractivity contribution is 5.78. The molecule has 2 aliphatic rings. The monoisotopic (exact) mass is 320 g/mol. The van der Waals surface area contributed by atoms with E-state index in [0.29, 0.717) is 6.54 Å². The van der Waals surface area contributed by atoms with Crippen LogP contribution in [0.15, 0.2) is 0 Å². The van der Waals surface area contributed by atoms with Crippen molar-refractivity contribution < 1.29 is 28.2 Å². The van der Waals surface area contributed by atoms with E-state index in [-0.39, 0.29) is 57.3 Å². The molecule has 6 nitrogen and oxygen atoms in total. The molecule has 2 heterocycles. The number of alkyl halides is 2. The number of ether oxygens (including phenoxy) is 1. The van der Waals surface area contributed by atoms with Crippen LogP contribution in [0, 0.1) is 0 Å². The highest BCUT2D eigenvalue weighted by atomic mass is 19.3. The second kappa shape index (κ2) is 6.45. The van der Waals surface area contributed by atoms with Gasteiger partial charge in [-0.1, -0.05) is 0 Å². The molecule has 2 aliphatic heterocycles. The molecule has 22 heavy (non-hydrogen) atoms. The summed E-state index contributed by atoms with van der Waals surface area (Å²) in [6.45, 7) is 1.82. The molecule has 8 heteroatoms. The van der Waals surface area contributed by atoms with Gasteiger partial charge < -0.3 is 19.6 Å². The van der Waals surface area contributed by atoms with Crippen molar-refractivity contribution in [1.82, 2.24) is 9.80 Å². The molecule has 0 radical (unpaired) electrons. The molecule has 0 aromatic heterocycles. The SMILES string of the molecule is CC(=O)N1CCOC(CO)(CC(=O)N2CCC(F)(F)CC2)C1. The van der Waals surface area contributed by atoms with Gasteiger partial charge in [0, 0.05) is 39.4 Å². The average molecular weight is 320 g/mol. The number of aliphatic hydroxyl groups is 1. The first-order chi connectivity index (χ1) is 10.3. The van der Waals surface area contributed by atoms with Crippen molar-refractivity contribution >= 4 is 11.8 Å².